The van der Waals surface area contributed by atoms with Crippen LogP contribution in [0.3, 0.4) is 0 Å². The van der Waals surface area contributed by atoms with Crippen molar-refractivity contribution in [3.8, 4) is 0 Å². The van der Waals surface area contributed by atoms with Gasteiger partial charge in [-0.1, -0.05) is 12.1 Å². The smallest absolute Gasteiger partial charge is 0.322 e. The number of nitrogens with one attached hydrogen (secondary N) is 3. The van der Waals surface area contributed by atoms with E-state index in [-0.39, 0.29) is 24.7 Å². The number of imide groups is 1. The first kappa shape index (κ1) is 16.9. The monoisotopic (exact) mass is 343 g/mol. The van der Waals surface area contributed by atoms with E-state index in [1.807, 2.05) is 24.3 Å². The molecular weight excluding hydrogens is 322 g/mol. The van der Waals surface area contributed by atoms with E-state index in [1.54, 1.807) is 0 Å². The number of aryl methyl sites for hydroxylation is 1. The van der Waals surface area contributed by atoms with Crippen LogP contribution in [0.4, 0.5) is 4.79 Å². The molecule has 132 valence electrons. The van der Waals surface area contributed by atoms with E-state index < -0.39 is 12.1 Å². The summed E-state index contributed by atoms with van der Waals surface area (Å²) in [6, 6.07) is 6.59. The van der Waals surface area contributed by atoms with Crippen LogP contribution in [0.1, 0.15) is 25.6 Å². The Labute approximate surface area is 145 Å². The highest BCUT2D eigenvalue weighted by molar-refractivity contribution is 5.98. The Morgan fingerprint density at radius 2 is 2.16 bits per heavy atom. The standard InChI is InChI=1S/C17H21N5O3/c1-2-22-13-6-4-3-5-11(13)19-14(22)9-10-18-16(24)12-7-8-15(23)21-17(25)20-12/h3-6,12H,2,7-10H2,1H3,(H,18,24)(H2,20,21,23,25). The van der Waals surface area contributed by atoms with Crippen molar-refractivity contribution in [3.05, 3.63) is 30.1 Å². The van der Waals surface area contributed by atoms with Gasteiger partial charge in [0.1, 0.15) is 11.9 Å². The summed E-state index contributed by atoms with van der Waals surface area (Å²) in [6.07, 6.45) is 1.02. The number of benzene rings is 1. The zero-order chi connectivity index (χ0) is 17.8. The lowest BCUT2D eigenvalue weighted by Gasteiger charge is -2.15. The average Bonchev–Trinajstić information content (AvgIpc) is 2.85. The Hall–Kier alpha value is -2.90. The van der Waals surface area contributed by atoms with Crippen LogP contribution >= 0.6 is 0 Å². The minimum absolute atomic E-state index is 0.141. The number of amides is 4. The molecule has 1 aromatic heterocycles. The third-order valence-electron chi connectivity index (χ3n) is 4.23. The van der Waals surface area contributed by atoms with Crippen molar-refractivity contribution in [2.24, 2.45) is 0 Å². The van der Waals surface area contributed by atoms with Crippen LogP contribution in [0.2, 0.25) is 0 Å². The first-order valence-corrected chi connectivity index (χ1v) is 8.40. The number of imidazole rings is 1. The summed E-state index contributed by atoms with van der Waals surface area (Å²) in [6.45, 7) is 3.27. The molecule has 2 heterocycles. The van der Waals surface area contributed by atoms with Gasteiger partial charge >= 0.3 is 6.03 Å². The molecule has 8 heteroatoms. The van der Waals surface area contributed by atoms with Crippen molar-refractivity contribution in [1.82, 2.24) is 25.5 Å². The molecule has 0 saturated carbocycles. The summed E-state index contributed by atoms with van der Waals surface area (Å²) in [4.78, 5) is 39.6. The maximum absolute atomic E-state index is 12.2. The zero-order valence-corrected chi connectivity index (χ0v) is 14.0. The van der Waals surface area contributed by atoms with Crippen molar-refractivity contribution in [2.75, 3.05) is 6.54 Å². The van der Waals surface area contributed by atoms with Gasteiger partial charge in [0.25, 0.3) is 0 Å². The van der Waals surface area contributed by atoms with Gasteiger partial charge < -0.3 is 15.2 Å². The van der Waals surface area contributed by atoms with Crippen LogP contribution in [-0.4, -0.2) is 40.0 Å². The molecule has 0 bridgehead atoms. The van der Waals surface area contributed by atoms with Crippen molar-refractivity contribution in [1.29, 1.82) is 0 Å². The number of hydrogen-bond acceptors (Lipinski definition) is 4. The van der Waals surface area contributed by atoms with Crippen LogP contribution in [0.25, 0.3) is 11.0 Å². The molecule has 3 rings (SSSR count). The highest BCUT2D eigenvalue weighted by Gasteiger charge is 2.25. The van der Waals surface area contributed by atoms with Gasteiger partial charge in [0.15, 0.2) is 0 Å². The van der Waals surface area contributed by atoms with E-state index >= 15 is 0 Å². The second kappa shape index (κ2) is 7.33. The maximum Gasteiger partial charge on any atom is 0.322 e. The van der Waals surface area contributed by atoms with Crippen LogP contribution in [-0.2, 0) is 22.6 Å². The number of fused-ring (bicyclic) bond motifs is 1. The van der Waals surface area contributed by atoms with E-state index in [4.69, 9.17) is 0 Å². The summed E-state index contributed by atoms with van der Waals surface area (Å²) in [5.74, 6) is 0.249. The summed E-state index contributed by atoms with van der Waals surface area (Å²) >= 11 is 0. The molecule has 0 spiro atoms. The summed E-state index contributed by atoms with van der Waals surface area (Å²) in [5.41, 5.74) is 2.01. The Balaban J connectivity index is 1.60. The molecule has 0 aliphatic carbocycles. The lowest BCUT2D eigenvalue weighted by molar-refractivity contribution is -0.123. The highest BCUT2D eigenvalue weighted by Crippen LogP contribution is 2.16. The molecule has 25 heavy (non-hydrogen) atoms. The third-order valence-corrected chi connectivity index (χ3v) is 4.23. The lowest BCUT2D eigenvalue weighted by Crippen LogP contribution is -2.48. The van der Waals surface area contributed by atoms with Crippen LogP contribution in [0.5, 0.6) is 0 Å². The van der Waals surface area contributed by atoms with Gasteiger partial charge in [0.05, 0.1) is 11.0 Å². The molecule has 3 N–H and O–H groups in total. The number of hydrogen-bond donors (Lipinski definition) is 3. The van der Waals surface area contributed by atoms with Gasteiger partial charge in [-0.15, -0.1) is 0 Å². The van der Waals surface area contributed by atoms with Crippen LogP contribution in [0.15, 0.2) is 24.3 Å². The second-order valence-electron chi connectivity index (χ2n) is 5.91. The number of urea groups is 1. The van der Waals surface area contributed by atoms with E-state index in [1.165, 1.54) is 0 Å². The number of aromatic nitrogens is 2. The molecule has 2 aromatic rings. The van der Waals surface area contributed by atoms with E-state index in [0.717, 1.165) is 23.4 Å². The summed E-state index contributed by atoms with van der Waals surface area (Å²) < 4.78 is 2.12. The minimum Gasteiger partial charge on any atom is -0.354 e. The molecule has 8 nitrogen and oxygen atoms in total. The van der Waals surface area contributed by atoms with E-state index in [2.05, 4.69) is 32.4 Å². The molecule has 0 radical (unpaired) electrons. The van der Waals surface area contributed by atoms with Gasteiger partial charge in [-0.25, -0.2) is 9.78 Å². The number of nitrogens with zero attached hydrogens (tertiary/aromatic N) is 2. The Kier molecular flexibility index (Phi) is 4.97. The minimum atomic E-state index is -0.698. The van der Waals surface area contributed by atoms with Gasteiger partial charge in [-0.2, -0.15) is 0 Å². The number of rotatable bonds is 5. The third kappa shape index (κ3) is 3.78. The molecule has 1 aliphatic heterocycles. The Morgan fingerprint density at radius 1 is 1.36 bits per heavy atom. The van der Waals surface area contributed by atoms with Gasteiger partial charge in [-0.05, 0) is 25.5 Å². The average molecular weight is 343 g/mol. The maximum atomic E-state index is 12.2. The quantitative estimate of drug-likeness (QED) is 0.743. The second-order valence-corrected chi connectivity index (χ2v) is 5.91. The first-order chi connectivity index (χ1) is 12.1. The Morgan fingerprint density at radius 3 is 2.96 bits per heavy atom. The molecule has 1 aliphatic rings. The largest absolute Gasteiger partial charge is 0.354 e. The predicted molar refractivity (Wildman–Crippen MR) is 91.8 cm³/mol. The molecule has 1 unspecified atom stereocenters. The fourth-order valence-electron chi connectivity index (χ4n) is 3.02. The molecule has 1 fully saturated rings. The summed E-state index contributed by atoms with van der Waals surface area (Å²) in [7, 11) is 0. The van der Waals surface area contributed by atoms with Crippen LogP contribution < -0.4 is 16.0 Å². The number of para-hydroxylation sites is 2. The van der Waals surface area contributed by atoms with Gasteiger partial charge in [0, 0.05) is 25.9 Å². The molecular formula is C17H21N5O3. The van der Waals surface area contributed by atoms with Crippen molar-refractivity contribution < 1.29 is 14.4 Å². The van der Waals surface area contributed by atoms with E-state index in [9.17, 15) is 14.4 Å². The fraction of sp³-hybridized carbons (Fsp3) is 0.412. The van der Waals surface area contributed by atoms with Crippen molar-refractivity contribution in [2.45, 2.75) is 38.8 Å². The highest BCUT2D eigenvalue weighted by atomic mass is 16.2. The molecule has 1 atom stereocenters. The van der Waals surface area contributed by atoms with Gasteiger partial charge in [0.2, 0.25) is 11.8 Å². The summed E-state index contributed by atoms with van der Waals surface area (Å²) in [5, 5.41) is 7.47. The van der Waals surface area contributed by atoms with Gasteiger partial charge in [-0.3, -0.25) is 14.9 Å². The van der Waals surface area contributed by atoms with E-state index in [0.29, 0.717) is 13.0 Å². The number of carbonyl (C=O) groups is 3. The van der Waals surface area contributed by atoms with Crippen LogP contribution in [0, 0.1) is 0 Å². The predicted octanol–water partition coefficient (Wildman–Crippen LogP) is 0.703. The molecule has 1 saturated heterocycles. The topological polar surface area (TPSA) is 105 Å². The first-order valence-electron chi connectivity index (χ1n) is 8.40. The number of carbonyl (C=O) groups excluding carboxylic acids is 3. The molecule has 1 aromatic carbocycles. The SMILES string of the molecule is CCn1c(CCNC(=O)C2CCC(=O)NC(=O)N2)nc2ccccc21. The molecule has 4 amide bonds. The zero-order valence-electron chi connectivity index (χ0n) is 14.0. The van der Waals surface area contributed by atoms with Crippen molar-refractivity contribution >= 4 is 28.9 Å². The Bertz CT molecular complexity index is 814. The lowest BCUT2D eigenvalue weighted by atomic mass is 10.1. The normalized spacial score (nSPS) is 17.7. The fourth-order valence-corrected chi connectivity index (χ4v) is 3.02. The van der Waals surface area contributed by atoms with Crippen molar-refractivity contribution in [3.63, 3.8) is 0 Å².